The molecule has 0 saturated heterocycles. The molecule has 0 spiro atoms. The van der Waals surface area contributed by atoms with Crippen molar-refractivity contribution >= 4 is 18.3 Å². The quantitative estimate of drug-likeness (QED) is 0.772. The Morgan fingerprint density at radius 3 is 2.59 bits per heavy atom. The van der Waals surface area contributed by atoms with Crippen LogP contribution in [0.2, 0.25) is 0 Å². The summed E-state index contributed by atoms with van der Waals surface area (Å²) < 4.78 is 0. The predicted molar refractivity (Wildman–Crippen MR) is 90.8 cm³/mol. The lowest BCUT2D eigenvalue weighted by Gasteiger charge is -2.26. The van der Waals surface area contributed by atoms with Gasteiger partial charge in [-0.1, -0.05) is 13.8 Å². The first-order valence-electron chi connectivity index (χ1n) is 7.81. The van der Waals surface area contributed by atoms with Gasteiger partial charge in [-0.15, -0.1) is 12.4 Å². The Bertz CT molecular complexity index is 579. The minimum absolute atomic E-state index is 0. The van der Waals surface area contributed by atoms with Crippen LogP contribution in [0.15, 0.2) is 10.9 Å². The number of rotatable bonds is 5. The molecule has 0 bridgehead atoms. The van der Waals surface area contributed by atoms with Gasteiger partial charge < -0.3 is 16.0 Å². The van der Waals surface area contributed by atoms with E-state index >= 15 is 0 Å². The van der Waals surface area contributed by atoms with Gasteiger partial charge in [0, 0.05) is 17.8 Å². The van der Waals surface area contributed by atoms with Crippen LogP contribution in [0.1, 0.15) is 61.1 Å². The molecular weight excluding hydrogens is 302 g/mol. The van der Waals surface area contributed by atoms with Crippen molar-refractivity contribution < 1.29 is 4.79 Å². The molecule has 1 aliphatic rings. The standard InChI is InChI=1S/C16H25N3O2.ClH/c1-3-16(17,4-2)10-18-14(20)12-9-11-7-5-6-8-13(11)19-15(12)21;/h9H,3-8,10,17H2,1-2H3,(H,18,20)(H,19,21);1H. The van der Waals surface area contributed by atoms with Gasteiger partial charge in [-0.2, -0.15) is 0 Å². The second-order valence-electron chi connectivity index (χ2n) is 5.98. The summed E-state index contributed by atoms with van der Waals surface area (Å²) in [6.45, 7) is 4.39. The topological polar surface area (TPSA) is 88.0 Å². The van der Waals surface area contributed by atoms with Gasteiger partial charge in [0.25, 0.3) is 11.5 Å². The van der Waals surface area contributed by atoms with Crippen LogP contribution in [0.25, 0.3) is 0 Å². The van der Waals surface area contributed by atoms with E-state index in [-0.39, 0.29) is 29.4 Å². The van der Waals surface area contributed by atoms with E-state index in [1.807, 2.05) is 13.8 Å². The predicted octanol–water partition coefficient (Wildman–Crippen LogP) is 1.92. The number of carbonyl (C=O) groups is 1. The van der Waals surface area contributed by atoms with Crippen LogP contribution in [0.5, 0.6) is 0 Å². The van der Waals surface area contributed by atoms with E-state index in [1.165, 1.54) is 0 Å². The number of amides is 1. The smallest absolute Gasteiger partial charge is 0.261 e. The van der Waals surface area contributed by atoms with Gasteiger partial charge in [-0.05, 0) is 50.2 Å². The highest BCUT2D eigenvalue weighted by molar-refractivity contribution is 5.94. The lowest BCUT2D eigenvalue weighted by Crippen LogP contribution is -2.49. The Morgan fingerprint density at radius 2 is 1.95 bits per heavy atom. The summed E-state index contributed by atoms with van der Waals surface area (Å²) in [6, 6.07) is 1.75. The number of fused-ring (bicyclic) bond motifs is 1. The van der Waals surface area contributed by atoms with Crippen molar-refractivity contribution in [1.29, 1.82) is 0 Å². The van der Waals surface area contributed by atoms with Gasteiger partial charge >= 0.3 is 0 Å². The van der Waals surface area contributed by atoms with E-state index < -0.39 is 5.54 Å². The van der Waals surface area contributed by atoms with E-state index in [9.17, 15) is 9.59 Å². The first kappa shape index (κ1) is 18.7. The van der Waals surface area contributed by atoms with E-state index in [4.69, 9.17) is 5.73 Å². The molecule has 0 fully saturated rings. The summed E-state index contributed by atoms with van der Waals surface area (Å²) in [5, 5.41) is 2.81. The number of carbonyl (C=O) groups excluding carboxylic acids is 1. The first-order chi connectivity index (χ1) is 9.99. The fourth-order valence-electron chi connectivity index (χ4n) is 2.70. The molecular formula is C16H26ClN3O2. The van der Waals surface area contributed by atoms with Crippen LogP contribution in [0.3, 0.4) is 0 Å². The van der Waals surface area contributed by atoms with Crippen molar-refractivity contribution in [1.82, 2.24) is 10.3 Å². The largest absolute Gasteiger partial charge is 0.350 e. The summed E-state index contributed by atoms with van der Waals surface area (Å²) in [7, 11) is 0. The lowest BCUT2D eigenvalue weighted by molar-refractivity contribution is 0.0940. The van der Waals surface area contributed by atoms with Gasteiger partial charge in [-0.25, -0.2) is 0 Å². The van der Waals surface area contributed by atoms with Crippen LogP contribution in [0, 0.1) is 0 Å². The molecule has 1 aromatic heterocycles. The molecule has 0 radical (unpaired) electrons. The molecule has 6 heteroatoms. The number of pyridine rings is 1. The van der Waals surface area contributed by atoms with Crippen LogP contribution >= 0.6 is 12.4 Å². The monoisotopic (exact) mass is 327 g/mol. The Hall–Kier alpha value is -1.33. The number of aromatic amines is 1. The van der Waals surface area contributed by atoms with Crippen molar-refractivity contribution in [2.75, 3.05) is 6.54 Å². The third kappa shape index (κ3) is 4.11. The Kier molecular flexibility index (Phi) is 6.63. The molecule has 0 aromatic carbocycles. The van der Waals surface area contributed by atoms with Crippen molar-refractivity contribution in [2.45, 2.75) is 57.9 Å². The third-order valence-corrected chi connectivity index (χ3v) is 4.59. The fourth-order valence-corrected chi connectivity index (χ4v) is 2.70. The molecule has 2 rings (SSSR count). The van der Waals surface area contributed by atoms with Crippen molar-refractivity contribution in [2.24, 2.45) is 5.73 Å². The molecule has 0 atom stereocenters. The van der Waals surface area contributed by atoms with Crippen LogP contribution in [-0.4, -0.2) is 23.0 Å². The van der Waals surface area contributed by atoms with E-state index in [0.29, 0.717) is 6.54 Å². The van der Waals surface area contributed by atoms with Gasteiger partial charge in [-0.3, -0.25) is 9.59 Å². The second kappa shape index (κ2) is 7.79. The fraction of sp³-hybridized carbons (Fsp3) is 0.625. The number of halogens is 1. The number of aromatic nitrogens is 1. The summed E-state index contributed by atoms with van der Waals surface area (Å²) in [5.41, 5.74) is 7.74. The zero-order chi connectivity index (χ0) is 15.5. The van der Waals surface area contributed by atoms with Crippen molar-refractivity contribution in [3.8, 4) is 0 Å². The minimum Gasteiger partial charge on any atom is -0.350 e. The Balaban J connectivity index is 0.00000242. The molecule has 5 nitrogen and oxygen atoms in total. The van der Waals surface area contributed by atoms with Crippen molar-refractivity contribution in [3.05, 3.63) is 33.2 Å². The van der Waals surface area contributed by atoms with Gasteiger partial charge in [0.2, 0.25) is 0 Å². The zero-order valence-electron chi connectivity index (χ0n) is 13.3. The van der Waals surface area contributed by atoms with Crippen LogP contribution < -0.4 is 16.6 Å². The van der Waals surface area contributed by atoms with Crippen molar-refractivity contribution in [3.63, 3.8) is 0 Å². The maximum absolute atomic E-state index is 12.2. The highest BCUT2D eigenvalue weighted by Gasteiger charge is 2.23. The highest BCUT2D eigenvalue weighted by atomic mass is 35.5. The number of H-pyrrole nitrogens is 1. The van der Waals surface area contributed by atoms with E-state index in [0.717, 1.165) is 49.8 Å². The van der Waals surface area contributed by atoms with Gasteiger partial charge in [0.15, 0.2) is 0 Å². The molecule has 4 N–H and O–H groups in total. The zero-order valence-corrected chi connectivity index (χ0v) is 14.1. The number of aryl methyl sites for hydroxylation is 2. The van der Waals surface area contributed by atoms with Crippen LogP contribution in [0.4, 0.5) is 0 Å². The molecule has 0 unspecified atom stereocenters. The average Bonchev–Trinajstić information content (AvgIpc) is 2.51. The molecule has 1 aromatic rings. The summed E-state index contributed by atoms with van der Waals surface area (Å²) in [4.78, 5) is 27.1. The Morgan fingerprint density at radius 1 is 1.32 bits per heavy atom. The first-order valence-corrected chi connectivity index (χ1v) is 7.81. The maximum Gasteiger partial charge on any atom is 0.261 e. The SMILES string of the molecule is CCC(N)(CC)CNC(=O)c1cc2c([nH]c1=O)CCCC2.Cl. The number of nitrogens with two attached hydrogens (primary N) is 1. The average molecular weight is 328 g/mol. The number of hydrogen-bond acceptors (Lipinski definition) is 3. The molecule has 1 aliphatic carbocycles. The second-order valence-corrected chi connectivity index (χ2v) is 5.98. The third-order valence-electron chi connectivity index (χ3n) is 4.59. The van der Waals surface area contributed by atoms with E-state index in [1.54, 1.807) is 6.07 Å². The summed E-state index contributed by atoms with van der Waals surface area (Å²) in [6.07, 6.45) is 5.59. The molecule has 1 heterocycles. The summed E-state index contributed by atoms with van der Waals surface area (Å²) >= 11 is 0. The van der Waals surface area contributed by atoms with Gasteiger partial charge in [0.05, 0.1) is 0 Å². The number of hydrogen-bond donors (Lipinski definition) is 3. The Labute approximate surface area is 137 Å². The normalized spacial score (nSPS) is 14.0. The summed E-state index contributed by atoms with van der Waals surface area (Å²) in [5.74, 6) is -0.332. The molecule has 124 valence electrons. The maximum atomic E-state index is 12.2. The lowest BCUT2D eigenvalue weighted by atomic mass is 9.93. The molecule has 0 saturated carbocycles. The highest BCUT2D eigenvalue weighted by Crippen LogP contribution is 2.18. The molecule has 22 heavy (non-hydrogen) atoms. The molecule has 1 amide bonds. The van der Waals surface area contributed by atoms with Gasteiger partial charge in [0.1, 0.15) is 5.56 Å². The minimum atomic E-state index is -0.406. The number of nitrogens with one attached hydrogen (secondary N) is 2. The molecule has 0 aliphatic heterocycles. The van der Waals surface area contributed by atoms with E-state index in [2.05, 4.69) is 10.3 Å². The van der Waals surface area contributed by atoms with Crippen LogP contribution in [-0.2, 0) is 12.8 Å².